The fraction of sp³-hybridized carbons (Fsp3) is 0. The standard InChI is InChI=1S/C11H11N3O5/c15-9(14-19)6-3-7-1-4-8(5-2-7)10(16)12-13-11(17)18/h1-6,13,19H,(H,12,16)(H,14,15)(H,17,18). The van der Waals surface area contributed by atoms with Crippen LogP contribution in [0.25, 0.3) is 6.08 Å². The van der Waals surface area contributed by atoms with Crippen LogP contribution in [0.4, 0.5) is 4.79 Å². The van der Waals surface area contributed by atoms with Gasteiger partial charge in [0.25, 0.3) is 11.8 Å². The number of carbonyl (C=O) groups is 3. The van der Waals surface area contributed by atoms with Gasteiger partial charge >= 0.3 is 6.09 Å². The van der Waals surface area contributed by atoms with Gasteiger partial charge in [0, 0.05) is 11.6 Å². The lowest BCUT2D eigenvalue weighted by atomic mass is 10.1. The molecule has 0 aliphatic rings. The van der Waals surface area contributed by atoms with E-state index in [1.807, 2.05) is 5.43 Å². The third-order valence-electron chi connectivity index (χ3n) is 1.99. The molecule has 0 radical (unpaired) electrons. The number of hydrogen-bond donors (Lipinski definition) is 5. The molecule has 0 aliphatic carbocycles. The summed E-state index contributed by atoms with van der Waals surface area (Å²) in [5.41, 5.74) is 6.02. The third kappa shape index (κ3) is 4.88. The maximum Gasteiger partial charge on any atom is 0.423 e. The number of hydroxylamine groups is 1. The Hall–Kier alpha value is -2.87. The number of amides is 3. The van der Waals surface area contributed by atoms with E-state index in [1.54, 1.807) is 17.6 Å². The normalized spacial score (nSPS) is 9.95. The lowest BCUT2D eigenvalue weighted by Crippen LogP contribution is -2.40. The van der Waals surface area contributed by atoms with Crippen molar-refractivity contribution < 1.29 is 24.7 Å². The number of nitrogens with one attached hydrogen (secondary N) is 3. The number of hydrogen-bond acceptors (Lipinski definition) is 4. The molecule has 0 atom stereocenters. The van der Waals surface area contributed by atoms with Gasteiger partial charge in [-0.05, 0) is 23.8 Å². The third-order valence-corrected chi connectivity index (χ3v) is 1.99. The molecule has 19 heavy (non-hydrogen) atoms. The Kier molecular flexibility index (Phi) is 5.05. The van der Waals surface area contributed by atoms with Gasteiger partial charge in [-0.2, -0.15) is 0 Å². The summed E-state index contributed by atoms with van der Waals surface area (Å²) in [7, 11) is 0. The van der Waals surface area contributed by atoms with E-state index in [4.69, 9.17) is 10.3 Å². The quantitative estimate of drug-likeness (QED) is 0.301. The molecule has 0 bridgehead atoms. The van der Waals surface area contributed by atoms with E-state index < -0.39 is 17.9 Å². The second kappa shape index (κ2) is 6.77. The topological polar surface area (TPSA) is 128 Å². The molecule has 0 saturated heterocycles. The highest BCUT2D eigenvalue weighted by Crippen LogP contribution is 2.06. The van der Waals surface area contributed by atoms with Crippen LogP contribution in [0, 0.1) is 0 Å². The van der Waals surface area contributed by atoms with Crippen LogP contribution in [0.2, 0.25) is 0 Å². The first-order valence-corrected chi connectivity index (χ1v) is 5.04. The summed E-state index contributed by atoms with van der Waals surface area (Å²) in [4.78, 5) is 32.3. The highest BCUT2D eigenvalue weighted by Gasteiger charge is 2.05. The highest BCUT2D eigenvalue weighted by molar-refractivity contribution is 5.95. The molecule has 0 heterocycles. The van der Waals surface area contributed by atoms with Crippen molar-refractivity contribution in [2.45, 2.75) is 0 Å². The lowest BCUT2D eigenvalue weighted by molar-refractivity contribution is -0.124. The van der Waals surface area contributed by atoms with Crippen molar-refractivity contribution in [1.82, 2.24) is 16.3 Å². The van der Waals surface area contributed by atoms with Crippen LogP contribution in [0.5, 0.6) is 0 Å². The van der Waals surface area contributed by atoms with E-state index in [1.165, 1.54) is 23.7 Å². The molecule has 1 aromatic carbocycles. The van der Waals surface area contributed by atoms with Gasteiger partial charge in [0.1, 0.15) is 0 Å². The van der Waals surface area contributed by atoms with E-state index in [0.29, 0.717) is 5.56 Å². The maximum atomic E-state index is 11.4. The second-order valence-corrected chi connectivity index (χ2v) is 3.32. The number of hydrazine groups is 1. The molecule has 5 N–H and O–H groups in total. The minimum Gasteiger partial charge on any atom is -0.464 e. The number of benzene rings is 1. The van der Waals surface area contributed by atoms with Gasteiger partial charge in [-0.25, -0.2) is 15.7 Å². The number of carbonyl (C=O) groups excluding carboxylic acids is 2. The maximum absolute atomic E-state index is 11.4. The molecule has 3 amide bonds. The van der Waals surface area contributed by atoms with Crippen LogP contribution in [0.1, 0.15) is 15.9 Å². The molecule has 0 spiro atoms. The van der Waals surface area contributed by atoms with Crippen molar-refractivity contribution in [1.29, 1.82) is 0 Å². The Morgan fingerprint density at radius 3 is 2.21 bits per heavy atom. The SMILES string of the molecule is O=C(O)NNC(=O)c1ccc(C=CC(=O)NO)cc1. The minimum absolute atomic E-state index is 0.248. The Bertz CT molecular complexity index is 510. The molecule has 0 unspecified atom stereocenters. The first-order chi connectivity index (χ1) is 9.02. The average Bonchev–Trinajstić information content (AvgIpc) is 2.42. The van der Waals surface area contributed by atoms with Crippen molar-refractivity contribution in [2.24, 2.45) is 0 Å². The molecule has 1 aromatic rings. The van der Waals surface area contributed by atoms with Crippen molar-refractivity contribution >= 4 is 24.0 Å². The summed E-state index contributed by atoms with van der Waals surface area (Å²) >= 11 is 0. The molecule has 1 rings (SSSR count). The van der Waals surface area contributed by atoms with E-state index in [0.717, 1.165) is 6.08 Å². The van der Waals surface area contributed by atoms with Crippen molar-refractivity contribution in [3.05, 3.63) is 41.5 Å². The van der Waals surface area contributed by atoms with Gasteiger partial charge < -0.3 is 5.11 Å². The zero-order valence-electron chi connectivity index (χ0n) is 9.58. The molecule has 0 aromatic heterocycles. The first kappa shape index (κ1) is 14.2. The molecule has 8 nitrogen and oxygen atoms in total. The van der Waals surface area contributed by atoms with Crippen LogP contribution < -0.4 is 16.3 Å². The Balaban J connectivity index is 2.65. The summed E-state index contributed by atoms with van der Waals surface area (Å²) in [5.74, 6) is -1.28. The van der Waals surface area contributed by atoms with Gasteiger partial charge in [-0.15, -0.1) is 0 Å². The fourth-order valence-electron chi connectivity index (χ4n) is 1.14. The zero-order valence-corrected chi connectivity index (χ0v) is 9.58. The van der Waals surface area contributed by atoms with Crippen LogP contribution >= 0.6 is 0 Å². The minimum atomic E-state index is -1.37. The first-order valence-electron chi connectivity index (χ1n) is 5.04. The summed E-state index contributed by atoms with van der Waals surface area (Å²) in [6.07, 6.45) is 1.17. The van der Waals surface area contributed by atoms with Gasteiger partial charge in [0.2, 0.25) is 0 Å². The monoisotopic (exact) mass is 265 g/mol. The molecule has 0 saturated carbocycles. The van der Waals surface area contributed by atoms with Crippen molar-refractivity contribution in [3.63, 3.8) is 0 Å². The predicted molar refractivity (Wildman–Crippen MR) is 64.0 cm³/mol. The van der Waals surface area contributed by atoms with Crippen molar-refractivity contribution in [3.8, 4) is 0 Å². The molecular formula is C11H11N3O5. The average molecular weight is 265 g/mol. The van der Waals surface area contributed by atoms with Crippen LogP contribution in [0.3, 0.4) is 0 Å². The van der Waals surface area contributed by atoms with Crippen LogP contribution in [0.15, 0.2) is 30.3 Å². The zero-order chi connectivity index (χ0) is 14.3. The van der Waals surface area contributed by atoms with Crippen LogP contribution in [-0.4, -0.2) is 28.2 Å². The summed E-state index contributed by atoms with van der Waals surface area (Å²) in [6.45, 7) is 0. The summed E-state index contributed by atoms with van der Waals surface area (Å²) in [6, 6.07) is 6.01. The van der Waals surface area contributed by atoms with Gasteiger partial charge in [-0.1, -0.05) is 12.1 Å². The molecule has 0 aliphatic heterocycles. The van der Waals surface area contributed by atoms with E-state index in [2.05, 4.69) is 0 Å². The van der Waals surface area contributed by atoms with Gasteiger partial charge in [-0.3, -0.25) is 20.2 Å². The Morgan fingerprint density at radius 1 is 1.05 bits per heavy atom. The van der Waals surface area contributed by atoms with Crippen molar-refractivity contribution in [2.75, 3.05) is 0 Å². The summed E-state index contributed by atoms with van der Waals surface area (Å²) < 4.78 is 0. The van der Waals surface area contributed by atoms with Gasteiger partial charge in [0.15, 0.2) is 0 Å². The second-order valence-electron chi connectivity index (χ2n) is 3.32. The smallest absolute Gasteiger partial charge is 0.423 e. The number of rotatable bonds is 3. The highest BCUT2D eigenvalue weighted by atomic mass is 16.5. The van der Waals surface area contributed by atoms with E-state index >= 15 is 0 Å². The largest absolute Gasteiger partial charge is 0.464 e. The van der Waals surface area contributed by atoms with Crippen LogP contribution in [-0.2, 0) is 4.79 Å². The molecular weight excluding hydrogens is 254 g/mol. The molecule has 0 fully saturated rings. The lowest BCUT2D eigenvalue weighted by Gasteiger charge is -2.04. The van der Waals surface area contributed by atoms with E-state index in [9.17, 15) is 14.4 Å². The Labute approximate surface area is 107 Å². The van der Waals surface area contributed by atoms with Gasteiger partial charge in [0.05, 0.1) is 0 Å². The predicted octanol–water partition coefficient (Wildman–Crippen LogP) is 0.118. The Morgan fingerprint density at radius 2 is 1.68 bits per heavy atom. The molecule has 8 heteroatoms. The molecule has 100 valence electrons. The summed E-state index contributed by atoms with van der Waals surface area (Å²) in [5, 5.41) is 16.6. The van der Waals surface area contributed by atoms with E-state index in [-0.39, 0.29) is 5.56 Å². The fourth-order valence-corrected chi connectivity index (χ4v) is 1.14. The number of carboxylic acid groups (broad SMARTS) is 1.